The van der Waals surface area contributed by atoms with Crippen LogP contribution in [-0.4, -0.2) is 28.6 Å². The zero-order chi connectivity index (χ0) is 18.6. The topological polar surface area (TPSA) is 54.2 Å². The Kier molecular flexibility index (Phi) is 5.61. The van der Waals surface area contributed by atoms with Crippen LogP contribution in [0.4, 0.5) is 0 Å². The van der Waals surface area contributed by atoms with E-state index in [4.69, 9.17) is 9.98 Å². The Bertz CT molecular complexity index is 877. The molecule has 138 valence electrons. The summed E-state index contributed by atoms with van der Waals surface area (Å²) in [4.78, 5) is 10.8. The summed E-state index contributed by atoms with van der Waals surface area (Å²) in [5, 5.41) is 8.94. The molecule has 0 aliphatic carbocycles. The Hall–Kier alpha value is -2.34. The average molecular weight is 370 g/mol. The molecule has 26 heavy (non-hydrogen) atoms. The largest absolute Gasteiger partial charge is 0.357 e. The van der Waals surface area contributed by atoms with Crippen LogP contribution in [0.25, 0.3) is 11.0 Å². The van der Waals surface area contributed by atoms with Gasteiger partial charge in [-0.1, -0.05) is 32.0 Å². The Labute approximate surface area is 159 Å². The molecule has 2 N–H and O–H groups in total. The number of aliphatic imine (C=N–C) groups is 1. The molecule has 0 fully saturated rings. The van der Waals surface area contributed by atoms with Crippen LogP contribution >= 0.6 is 11.3 Å². The van der Waals surface area contributed by atoms with E-state index in [0.717, 1.165) is 35.9 Å². The van der Waals surface area contributed by atoms with Gasteiger partial charge in [-0.2, -0.15) is 0 Å². The smallest absolute Gasteiger partial charge is 0.191 e. The summed E-state index contributed by atoms with van der Waals surface area (Å²) < 4.78 is 2.11. The molecule has 0 amide bonds. The van der Waals surface area contributed by atoms with E-state index >= 15 is 0 Å². The van der Waals surface area contributed by atoms with Crippen molar-refractivity contribution in [2.75, 3.05) is 13.1 Å². The molecule has 3 aromatic rings. The fraction of sp³-hybridized carbons (Fsp3) is 0.400. The number of hydrogen-bond donors (Lipinski definition) is 2. The zero-order valence-electron chi connectivity index (χ0n) is 15.9. The van der Waals surface area contributed by atoms with E-state index in [2.05, 4.69) is 59.6 Å². The number of aryl methyl sites for hydroxylation is 1. The maximum atomic E-state index is 4.74. The third kappa shape index (κ3) is 4.07. The normalized spacial score (nSPS) is 12.5. The van der Waals surface area contributed by atoms with E-state index in [1.54, 1.807) is 11.3 Å². The van der Waals surface area contributed by atoms with Crippen molar-refractivity contribution in [3.8, 4) is 0 Å². The molecule has 0 saturated carbocycles. The summed E-state index contributed by atoms with van der Waals surface area (Å²) in [6, 6.07) is 12.5. The van der Waals surface area contributed by atoms with Crippen molar-refractivity contribution in [3.63, 3.8) is 0 Å². The Morgan fingerprint density at radius 2 is 2.00 bits per heavy atom. The lowest BCUT2D eigenvalue weighted by Gasteiger charge is -2.25. The van der Waals surface area contributed by atoms with Gasteiger partial charge in [-0.15, -0.1) is 11.3 Å². The van der Waals surface area contributed by atoms with Gasteiger partial charge in [-0.05, 0) is 30.5 Å². The lowest BCUT2D eigenvalue weighted by molar-refractivity contribution is 0.518. The van der Waals surface area contributed by atoms with Crippen molar-refractivity contribution in [1.29, 1.82) is 0 Å². The summed E-state index contributed by atoms with van der Waals surface area (Å²) >= 11 is 1.80. The molecule has 6 heteroatoms. The van der Waals surface area contributed by atoms with Gasteiger partial charge in [-0.3, -0.25) is 0 Å². The first-order chi connectivity index (χ1) is 12.5. The van der Waals surface area contributed by atoms with E-state index < -0.39 is 0 Å². The highest BCUT2D eigenvalue weighted by molar-refractivity contribution is 7.10. The second kappa shape index (κ2) is 7.91. The number of nitrogens with zero attached hydrogens (tertiary/aromatic N) is 3. The fourth-order valence-corrected chi connectivity index (χ4v) is 3.74. The van der Waals surface area contributed by atoms with Crippen LogP contribution in [0.2, 0.25) is 0 Å². The van der Waals surface area contributed by atoms with Crippen molar-refractivity contribution in [2.45, 2.75) is 32.7 Å². The van der Waals surface area contributed by atoms with Gasteiger partial charge in [0.2, 0.25) is 0 Å². The lowest BCUT2D eigenvalue weighted by atomic mass is 9.91. The van der Waals surface area contributed by atoms with Gasteiger partial charge in [0.05, 0.1) is 11.0 Å². The number of aromatic nitrogens is 2. The number of nitrogens with one attached hydrogen (secondary N) is 2. The maximum absolute atomic E-state index is 4.74. The number of rotatable bonds is 6. The molecule has 0 aliphatic rings. The number of guanidine groups is 1. The maximum Gasteiger partial charge on any atom is 0.191 e. The number of thiophene rings is 1. The average Bonchev–Trinajstić information content (AvgIpc) is 3.27. The van der Waals surface area contributed by atoms with E-state index in [0.29, 0.717) is 6.54 Å². The molecule has 0 unspecified atom stereocenters. The van der Waals surface area contributed by atoms with Crippen molar-refractivity contribution in [3.05, 3.63) is 52.5 Å². The van der Waals surface area contributed by atoms with Gasteiger partial charge in [0, 0.05) is 30.4 Å². The second-order valence-corrected chi connectivity index (χ2v) is 7.93. The molecular weight excluding hydrogens is 342 g/mol. The summed E-state index contributed by atoms with van der Waals surface area (Å²) in [5.41, 5.74) is 2.20. The highest BCUT2D eigenvalue weighted by Gasteiger charge is 2.22. The Morgan fingerprint density at radius 3 is 2.69 bits per heavy atom. The summed E-state index contributed by atoms with van der Waals surface area (Å²) in [7, 11) is 2.04. The number of benzene rings is 1. The fourth-order valence-electron chi connectivity index (χ4n) is 2.88. The molecule has 0 radical (unpaired) electrons. The summed E-state index contributed by atoms with van der Waals surface area (Å²) in [6.07, 6.45) is 0. The van der Waals surface area contributed by atoms with Crippen LogP contribution in [0.3, 0.4) is 0 Å². The van der Waals surface area contributed by atoms with Gasteiger partial charge in [0.1, 0.15) is 12.4 Å². The van der Waals surface area contributed by atoms with E-state index in [9.17, 15) is 0 Å². The quantitative estimate of drug-likeness (QED) is 0.515. The highest BCUT2D eigenvalue weighted by Crippen LogP contribution is 2.26. The molecule has 2 aromatic heterocycles. The first-order valence-corrected chi connectivity index (χ1v) is 9.85. The SMILES string of the molecule is CCNC(=NCc1nc2ccccc2n1C)NCC(C)(C)c1cccs1. The van der Waals surface area contributed by atoms with Gasteiger partial charge in [-0.25, -0.2) is 9.98 Å². The van der Waals surface area contributed by atoms with Gasteiger partial charge < -0.3 is 15.2 Å². The molecule has 2 heterocycles. The third-order valence-corrected chi connectivity index (χ3v) is 5.72. The van der Waals surface area contributed by atoms with Gasteiger partial charge in [0.25, 0.3) is 0 Å². The molecule has 0 saturated heterocycles. The Balaban J connectivity index is 1.71. The predicted octanol–water partition coefficient (Wildman–Crippen LogP) is 3.67. The van der Waals surface area contributed by atoms with Gasteiger partial charge in [0.15, 0.2) is 5.96 Å². The minimum atomic E-state index is 0.0578. The van der Waals surface area contributed by atoms with Crippen LogP contribution in [0, 0.1) is 0 Å². The third-order valence-electron chi connectivity index (χ3n) is 4.49. The number of imidazole rings is 1. The first kappa shape index (κ1) is 18.5. The van der Waals surface area contributed by atoms with Crippen LogP contribution in [0.5, 0.6) is 0 Å². The van der Waals surface area contributed by atoms with Crippen molar-refractivity contribution in [1.82, 2.24) is 20.2 Å². The van der Waals surface area contributed by atoms with Gasteiger partial charge >= 0.3 is 0 Å². The standard InChI is InChI=1S/C20H27N5S/c1-5-21-19(23-14-20(2,3)17-11-8-12-26-17)22-13-18-24-15-9-6-7-10-16(15)25(18)4/h6-12H,5,13-14H2,1-4H3,(H2,21,22,23). The molecule has 1 aromatic carbocycles. The molecule has 0 atom stereocenters. The van der Waals surface area contributed by atoms with E-state index in [1.807, 2.05) is 25.2 Å². The number of hydrogen-bond acceptors (Lipinski definition) is 3. The van der Waals surface area contributed by atoms with E-state index in [1.165, 1.54) is 4.88 Å². The zero-order valence-corrected chi connectivity index (χ0v) is 16.7. The predicted molar refractivity (Wildman–Crippen MR) is 111 cm³/mol. The monoisotopic (exact) mass is 369 g/mol. The molecular formula is C20H27N5S. The molecule has 0 spiro atoms. The molecule has 0 bridgehead atoms. The Morgan fingerprint density at radius 1 is 1.19 bits per heavy atom. The highest BCUT2D eigenvalue weighted by atomic mass is 32.1. The van der Waals surface area contributed by atoms with E-state index in [-0.39, 0.29) is 5.41 Å². The van der Waals surface area contributed by atoms with Crippen LogP contribution in [0.15, 0.2) is 46.8 Å². The summed E-state index contributed by atoms with van der Waals surface area (Å²) in [6.45, 7) is 8.77. The van der Waals surface area contributed by atoms with Crippen molar-refractivity contribution >= 4 is 28.3 Å². The molecule has 3 rings (SSSR count). The number of fused-ring (bicyclic) bond motifs is 1. The minimum Gasteiger partial charge on any atom is -0.357 e. The number of para-hydroxylation sites is 2. The first-order valence-electron chi connectivity index (χ1n) is 8.98. The summed E-state index contributed by atoms with van der Waals surface area (Å²) in [5.74, 6) is 1.78. The molecule has 0 aliphatic heterocycles. The van der Waals surface area contributed by atoms with Crippen molar-refractivity contribution in [2.24, 2.45) is 12.0 Å². The van der Waals surface area contributed by atoms with Crippen LogP contribution in [0.1, 0.15) is 31.5 Å². The second-order valence-electron chi connectivity index (χ2n) is 6.99. The lowest BCUT2D eigenvalue weighted by Crippen LogP contribution is -2.43. The van der Waals surface area contributed by atoms with Crippen LogP contribution in [-0.2, 0) is 19.0 Å². The van der Waals surface area contributed by atoms with Crippen LogP contribution < -0.4 is 10.6 Å². The van der Waals surface area contributed by atoms with Crippen molar-refractivity contribution < 1.29 is 0 Å². The minimum absolute atomic E-state index is 0.0578. The molecule has 5 nitrogen and oxygen atoms in total.